The fourth-order valence-corrected chi connectivity index (χ4v) is 10.2. The van der Waals surface area contributed by atoms with Crippen LogP contribution in [-0.2, 0) is 18.8 Å². The Morgan fingerprint density at radius 3 is 2.51 bits per heavy atom. The number of likely N-dealkylation sites (tertiary alicyclic amines) is 2. The number of benzene rings is 1. The average molecular weight is 833 g/mol. The van der Waals surface area contributed by atoms with Gasteiger partial charge < -0.3 is 38.6 Å². The third-order valence-electron chi connectivity index (χ3n) is 13.2. The topological polar surface area (TPSA) is 159 Å². The molecule has 3 aromatic rings. The van der Waals surface area contributed by atoms with E-state index in [1.165, 1.54) is 7.11 Å². The number of phenols is 1. The molecule has 7 rings (SSSR count). The number of piperidine rings is 1. The van der Waals surface area contributed by atoms with E-state index in [1.807, 2.05) is 32.0 Å². The quantitative estimate of drug-likeness (QED) is 0.166. The Morgan fingerprint density at radius 2 is 1.80 bits per heavy atom. The predicted octanol–water partition coefficient (Wildman–Crippen LogP) is 5.45. The summed E-state index contributed by atoms with van der Waals surface area (Å²) >= 11 is 0. The van der Waals surface area contributed by atoms with Gasteiger partial charge in [0.2, 0.25) is 5.91 Å². The molecule has 1 aromatic carbocycles. The standard InChI is InChI=1S/C43H64N8O7Si/c1-28(2)39(41(53)51-27-31(21-35(51)42(54)55-6)58-59(7,8)43(3,4)5)37-23-38(47-57-37)56-20-19-48-15-13-29(14-16-48)25-49-17-18-50-30(26-49)24-44-40-34(50)22-33(45-46-40)32-11-9-10-12-36(32)52/h9-12,22-23,28-31,35,39,52H,13-21,24-27H2,1-8H3,(H,44,46)/t30-,31?,35-,39+/m0/s1. The van der Waals surface area contributed by atoms with Crippen molar-refractivity contribution < 1.29 is 33.1 Å². The van der Waals surface area contributed by atoms with Crippen LogP contribution in [0.2, 0.25) is 18.1 Å². The number of ether oxygens (including phenoxy) is 2. The summed E-state index contributed by atoms with van der Waals surface area (Å²) < 4.78 is 23.6. The zero-order chi connectivity index (χ0) is 42.1. The van der Waals surface area contributed by atoms with Gasteiger partial charge >= 0.3 is 5.97 Å². The van der Waals surface area contributed by atoms with Crippen LogP contribution < -0.4 is 15.0 Å². The maximum absolute atomic E-state index is 14.2. The first kappa shape index (κ1) is 42.9. The van der Waals surface area contributed by atoms with E-state index >= 15 is 0 Å². The molecule has 2 aromatic heterocycles. The van der Waals surface area contributed by atoms with E-state index in [-0.39, 0.29) is 28.7 Å². The van der Waals surface area contributed by atoms with Crippen LogP contribution in [0.1, 0.15) is 65.6 Å². The number of carbonyl (C=O) groups is 2. The van der Waals surface area contributed by atoms with Gasteiger partial charge in [-0.05, 0) is 79.3 Å². The molecule has 0 spiro atoms. The molecule has 3 saturated heterocycles. The van der Waals surface area contributed by atoms with Gasteiger partial charge in [0.05, 0.1) is 30.6 Å². The van der Waals surface area contributed by atoms with Gasteiger partial charge in [0.15, 0.2) is 19.9 Å². The van der Waals surface area contributed by atoms with Crippen molar-refractivity contribution in [3.8, 4) is 22.9 Å². The van der Waals surface area contributed by atoms with Crippen molar-refractivity contribution in [2.24, 2.45) is 11.8 Å². The number of carbonyl (C=O) groups excluding carboxylic acids is 2. The molecule has 1 unspecified atom stereocenters. The number of rotatable bonds is 13. The molecular weight excluding hydrogens is 769 g/mol. The van der Waals surface area contributed by atoms with E-state index in [4.69, 9.17) is 18.4 Å². The molecule has 4 aliphatic rings. The summed E-state index contributed by atoms with van der Waals surface area (Å²) in [5.41, 5.74) is 2.42. The highest BCUT2D eigenvalue weighted by atomic mass is 28.4. The SMILES string of the molecule is COC(=O)[C@@H]1CC(O[Si](C)(C)C(C)(C)C)CN1C(=O)[C@@H](c1cc(OCCN2CCC(CN3CCN4c5cc(-c6ccccc6O)nnc5NC[C@H]4C3)CC2)no1)C(C)C. The number of para-hydroxylation sites is 1. The molecular formula is C43H64N8O7Si. The second-order valence-electron chi connectivity index (χ2n) is 18.7. The van der Waals surface area contributed by atoms with Gasteiger partial charge in [-0.15, -0.1) is 10.2 Å². The Morgan fingerprint density at radius 1 is 1.03 bits per heavy atom. The summed E-state index contributed by atoms with van der Waals surface area (Å²) in [6, 6.07) is 10.7. The molecule has 6 heterocycles. The van der Waals surface area contributed by atoms with E-state index in [2.05, 4.69) is 75.3 Å². The second kappa shape index (κ2) is 17.8. The van der Waals surface area contributed by atoms with Gasteiger partial charge in [-0.1, -0.05) is 46.8 Å². The van der Waals surface area contributed by atoms with Crippen molar-refractivity contribution >= 4 is 31.7 Å². The van der Waals surface area contributed by atoms with Crippen LogP contribution in [0, 0.1) is 11.8 Å². The number of fused-ring (bicyclic) bond motifs is 3. The smallest absolute Gasteiger partial charge is 0.328 e. The van der Waals surface area contributed by atoms with Crippen LogP contribution in [0.4, 0.5) is 11.5 Å². The second-order valence-corrected chi connectivity index (χ2v) is 23.4. The van der Waals surface area contributed by atoms with Crippen LogP contribution in [0.25, 0.3) is 11.3 Å². The van der Waals surface area contributed by atoms with Crippen molar-refractivity contribution in [2.45, 2.75) is 96.1 Å². The fourth-order valence-electron chi connectivity index (χ4n) is 8.86. The summed E-state index contributed by atoms with van der Waals surface area (Å²) in [6.45, 7) is 23.3. The number of anilines is 2. The number of hydrogen-bond donors (Lipinski definition) is 2. The van der Waals surface area contributed by atoms with E-state index < -0.39 is 26.2 Å². The molecule has 16 heteroatoms. The lowest BCUT2D eigenvalue weighted by atomic mass is 9.91. The Kier molecular flexibility index (Phi) is 12.9. The first-order valence-electron chi connectivity index (χ1n) is 21.4. The highest BCUT2D eigenvalue weighted by Crippen LogP contribution is 2.41. The number of nitrogens with zero attached hydrogens (tertiary/aromatic N) is 7. The van der Waals surface area contributed by atoms with Gasteiger partial charge in [-0.25, -0.2) is 4.79 Å². The molecule has 0 radical (unpaired) electrons. The average Bonchev–Trinajstić information content (AvgIpc) is 3.84. The Hall–Kier alpha value is -4.25. The maximum Gasteiger partial charge on any atom is 0.328 e. The summed E-state index contributed by atoms with van der Waals surface area (Å²) in [5, 5.41) is 26.9. The van der Waals surface area contributed by atoms with Gasteiger partial charge in [0, 0.05) is 63.9 Å². The maximum atomic E-state index is 14.2. The van der Waals surface area contributed by atoms with Gasteiger partial charge in [-0.2, -0.15) is 0 Å². The number of amides is 1. The number of phenolic OH excluding ortho intramolecular Hbond substituents is 1. The normalized spacial score (nSPS) is 22.5. The van der Waals surface area contributed by atoms with Crippen LogP contribution in [0.15, 0.2) is 40.9 Å². The third kappa shape index (κ3) is 9.55. The minimum absolute atomic E-state index is 0.00275. The number of nitrogens with one attached hydrogen (secondary N) is 1. The van der Waals surface area contributed by atoms with E-state index in [9.17, 15) is 14.7 Å². The van der Waals surface area contributed by atoms with Crippen LogP contribution >= 0.6 is 0 Å². The lowest BCUT2D eigenvalue weighted by Gasteiger charge is -2.47. The van der Waals surface area contributed by atoms with Crippen molar-refractivity contribution in [1.82, 2.24) is 30.1 Å². The molecule has 0 saturated carbocycles. The lowest BCUT2D eigenvalue weighted by molar-refractivity contribution is -0.152. The number of aromatic nitrogens is 3. The highest BCUT2D eigenvalue weighted by Gasteiger charge is 2.48. The molecule has 4 atom stereocenters. The Bertz CT molecular complexity index is 1930. The van der Waals surface area contributed by atoms with Gasteiger partial charge in [0.1, 0.15) is 24.3 Å². The zero-order valence-electron chi connectivity index (χ0n) is 36.1. The molecule has 322 valence electrons. The molecule has 1 amide bonds. The molecule has 15 nitrogen and oxygen atoms in total. The first-order valence-corrected chi connectivity index (χ1v) is 24.3. The monoisotopic (exact) mass is 832 g/mol. The van der Waals surface area contributed by atoms with Gasteiger partial charge in [-0.3, -0.25) is 14.6 Å². The number of piperazine rings is 1. The van der Waals surface area contributed by atoms with Gasteiger partial charge in [0.25, 0.3) is 5.88 Å². The molecule has 0 bridgehead atoms. The number of aromatic hydroxyl groups is 1. The third-order valence-corrected chi connectivity index (χ3v) is 17.8. The van der Waals surface area contributed by atoms with Crippen molar-refractivity contribution in [1.29, 1.82) is 0 Å². The van der Waals surface area contributed by atoms with E-state index in [0.717, 1.165) is 76.7 Å². The number of methoxy groups -OCH3 is 1. The van der Waals surface area contributed by atoms with Crippen LogP contribution in [0.5, 0.6) is 11.6 Å². The Balaban J connectivity index is 0.867. The van der Waals surface area contributed by atoms with Crippen molar-refractivity contribution in [3.63, 3.8) is 0 Å². The fraction of sp³-hybridized carbons (Fsp3) is 0.651. The Labute approximate surface area is 349 Å². The summed E-state index contributed by atoms with van der Waals surface area (Å²) in [4.78, 5) is 36.3. The first-order chi connectivity index (χ1) is 28.1. The largest absolute Gasteiger partial charge is 0.507 e. The summed E-state index contributed by atoms with van der Waals surface area (Å²) in [7, 11) is -0.774. The van der Waals surface area contributed by atoms with Crippen molar-refractivity contribution in [2.75, 3.05) is 82.8 Å². The molecule has 4 aliphatic heterocycles. The molecule has 0 aliphatic carbocycles. The molecule has 3 fully saturated rings. The predicted molar refractivity (Wildman–Crippen MR) is 228 cm³/mol. The van der Waals surface area contributed by atoms with E-state index in [1.54, 1.807) is 17.0 Å². The minimum Gasteiger partial charge on any atom is -0.507 e. The number of hydrogen-bond acceptors (Lipinski definition) is 14. The minimum atomic E-state index is -2.13. The number of esters is 1. The van der Waals surface area contributed by atoms with E-state index in [0.29, 0.717) is 54.4 Å². The molecule has 59 heavy (non-hydrogen) atoms. The van der Waals surface area contributed by atoms with Crippen LogP contribution in [0.3, 0.4) is 0 Å². The summed E-state index contributed by atoms with van der Waals surface area (Å²) in [6.07, 6.45) is 2.44. The van der Waals surface area contributed by atoms with Crippen LogP contribution in [-0.4, -0.2) is 146 Å². The lowest BCUT2D eigenvalue weighted by Crippen LogP contribution is -2.58. The highest BCUT2D eigenvalue weighted by molar-refractivity contribution is 6.74. The van der Waals surface area contributed by atoms with Crippen molar-refractivity contribution in [3.05, 3.63) is 42.2 Å². The zero-order valence-corrected chi connectivity index (χ0v) is 37.1. The molecule has 2 N–H and O–H groups in total. The summed E-state index contributed by atoms with van der Waals surface area (Å²) in [5.74, 6) is 1.07.